The minimum atomic E-state index is 0.527. The smallest absolute Gasteiger partial charge is 0.145 e. The van der Waals surface area contributed by atoms with Crippen LogP contribution >= 0.6 is 0 Å². The van der Waals surface area contributed by atoms with Crippen molar-refractivity contribution in [3.63, 3.8) is 0 Å². The van der Waals surface area contributed by atoms with Gasteiger partial charge in [-0.2, -0.15) is 5.26 Å². The minimum Gasteiger partial charge on any atom is -0.328 e. The van der Waals surface area contributed by atoms with Gasteiger partial charge in [0.05, 0.1) is 10.9 Å². The first-order chi connectivity index (χ1) is 7.79. The predicted molar refractivity (Wildman–Crippen MR) is 59.9 cm³/mol. The van der Waals surface area contributed by atoms with Gasteiger partial charge in [0.15, 0.2) is 0 Å². The fourth-order valence-electron chi connectivity index (χ4n) is 2.15. The molecule has 1 aliphatic rings. The molecule has 0 spiro atoms. The number of rotatable bonds is 1. The van der Waals surface area contributed by atoms with Crippen molar-refractivity contribution < 1.29 is 0 Å². The lowest BCUT2D eigenvalue weighted by Crippen LogP contribution is -2.16. The molecule has 2 aromatic rings. The van der Waals surface area contributed by atoms with Crippen LogP contribution in [0.5, 0.6) is 0 Å². The highest BCUT2D eigenvalue weighted by Gasteiger charge is 2.23. The van der Waals surface area contributed by atoms with Crippen molar-refractivity contribution in [1.82, 2.24) is 14.5 Å². The molecule has 1 aliphatic carbocycles. The van der Waals surface area contributed by atoms with Gasteiger partial charge >= 0.3 is 0 Å². The van der Waals surface area contributed by atoms with Gasteiger partial charge in [-0.3, -0.25) is 0 Å². The van der Waals surface area contributed by atoms with Gasteiger partial charge in [0.2, 0.25) is 0 Å². The van der Waals surface area contributed by atoms with E-state index in [9.17, 15) is 0 Å². The van der Waals surface area contributed by atoms with Gasteiger partial charge in [-0.25, -0.2) is 9.97 Å². The topological polar surface area (TPSA) is 54.5 Å². The van der Waals surface area contributed by atoms with Crippen LogP contribution in [-0.2, 0) is 0 Å². The molecule has 2 aromatic heterocycles. The lowest BCUT2D eigenvalue weighted by atomic mass is 9.93. The Kier molecular flexibility index (Phi) is 1.93. The first-order valence-electron chi connectivity index (χ1n) is 5.54. The molecule has 16 heavy (non-hydrogen) atoms. The highest BCUT2D eigenvalue weighted by Crippen LogP contribution is 2.35. The van der Waals surface area contributed by atoms with E-state index in [2.05, 4.69) is 20.6 Å². The van der Waals surface area contributed by atoms with Crippen molar-refractivity contribution in [2.45, 2.75) is 32.2 Å². The maximum absolute atomic E-state index is 9.07. The molecule has 4 nitrogen and oxygen atoms in total. The maximum atomic E-state index is 9.07. The van der Waals surface area contributed by atoms with E-state index >= 15 is 0 Å². The van der Waals surface area contributed by atoms with Gasteiger partial charge < -0.3 is 4.57 Å². The molecular formula is C12H12N4. The summed E-state index contributed by atoms with van der Waals surface area (Å²) in [5, 5.41) is 9.95. The summed E-state index contributed by atoms with van der Waals surface area (Å²) >= 11 is 0. The van der Waals surface area contributed by atoms with Crippen LogP contribution in [0.3, 0.4) is 0 Å². The Morgan fingerprint density at radius 2 is 2.31 bits per heavy atom. The zero-order valence-corrected chi connectivity index (χ0v) is 9.14. The molecule has 80 valence electrons. The summed E-state index contributed by atoms with van der Waals surface area (Å²) in [7, 11) is 0. The molecular weight excluding hydrogens is 200 g/mol. The third kappa shape index (κ3) is 1.21. The summed E-state index contributed by atoms with van der Waals surface area (Å²) in [6.07, 6.45) is 7.33. The van der Waals surface area contributed by atoms with E-state index in [1.165, 1.54) is 19.3 Å². The van der Waals surface area contributed by atoms with Crippen LogP contribution in [-0.4, -0.2) is 14.5 Å². The average Bonchev–Trinajstić information content (AvgIpc) is 2.54. The van der Waals surface area contributed by atoms with Crippen molar-refractivity contribution in [3.8, 4) is 6.07 Å². The van der Waals surface area contributed by atoms with Crippen LogP contribution in [0.4, 0.5) is 0 Å². The van der Waals surface area contributed by atoms with Crippen LogP contribution in [0.25, 0.3) is 11.0 Å². The van der Waals surface area contributed by atoms with E-state index in [4.69, 9.17) is 5.26 Å². The zero-order chi connectivity index (χ0) is 11.1. The second-order valence-electron chi connectivity index (χ2n) is 4.30. The van der Waals surface area contributed by atoms with Crippen LogP contribution in [0.2, 0.25) is 0 Å². The predicted octanol–water partition coefficient (Wildman–Crippen LogP) is 2.34. The Balaban J connectivity index is 2.27. The SMILES string of the molecule is Cc1ncc2c(C#N)cn(C3CCC3)c2n1. The second kappa shape index (κ2) is 3.31. The van der Waals surface area contributed by atoms with E-state index in [0.717, 1.165) is 16.9 Å². The standard InChI is InChI=1S/C12H12N4/c1-8-14-6-11-9(5-13)7-16(12(11)15-8)10-3-2-4-10/h6-7,10H,2-4H2,1H3. The number of aryl methyl sites for hydroxylation is 1. The summed E-state index contributed by atoms with van der Waals surface area (Å²) in [6, 6.07) is 2.74. The van der Waals surface area contributed by atoms with E-state index in [0.29, 0.717) is 11.6 Å². The molecule has 3 rings (SSSR count). The van der Waals surface area contributed by atoms with Crippen molar-refractivity contribution >= 4 is 11.0 Å². The minimum absolute atomic E-state index is 0.527. The number of hydrogen-bond acceptors (Lipinski definition) is 3. The van der Waals surface area contributed by atoms with Gasteiger partial charge in [0.25, 0.3) is 0 Å². The Morgan fingerprint density at radius 3 is 2.94 bits per heavy atom. The molecule has 0 bridgehead atoms. The number of fused-ring (bicyclic) bond motifs is 1. The van der Waals surface area contributed by atoms with E-state index < -0.39 is 0 Å². The summed E-state index contributed by atoms with van der Waals surface area (Å²) in [4.78, 5) is 8.60. The maximum Gasteiger partial charge on any atom is 0.145 e. The number of hydrogen-bond donors (Lipinski definition) is 0. The number of nitriles is 1. The summed E-state index contributed by atoms with van der Waals surface area (Å²) < 4.78 is 2.14. The molecule has 1 saturated carbocycles. The number of nitrogens with zero attached hydrogens (tertiary/aromatic N) is 4. The molecule has 0 unspecified atom stereocenters. The molecule has 0 aliphatic heterocycles. The lowest BCUT2D eigenvalue weighted by Gasteiger charge is -2.27. The van der Waals surface area contributed by atoms with Crippen LogP contribution in [0.1, 0.15) is 36.7 Å². The third-order valence-electron chi connectivity index (χ3n) is 3.28. The molecule has 0 N–H and O–H groups in total. The monoisotopic (exact) mass is 212 g/mol. The highest BCUT2D eigenvalue weighted by atomic mass is 15.1. The van der Waals surface area contributed by atoms with Gasteiger partial charge in [-0.05, 0) is 26.2 Å². The lowest BCUT2D eigenvalue weighted by molar-refractivity contribution is 0.320. The molecule has 4 heteroatoms. The average molecular weight is 212 g/mol. The molecule has 0 saturated heterocycles. The first-order valence-corrected chi connectivity index (χ1v) is 5.54. The van der Waals surface area contributed by atoms with E-state index in [1.807, 2.05) is 13.1 Å². The van der Waals surface area contributed by atoms with Crippen molar-refractivity contribution in [2.75, 3.05) is 0 Å². The Labute approximate surface area is 93.5 Å². The van der Waals surface area contributed by atoms with Crippen LogP contribution < -0.4 is 0 Å². The zero-order valence-electron chi connectivity index (χ0n) is 9.14. The van der Waals surface area contributed by atoms with E-state index in [-0.39, 0.29) is 0 Å². The number of aromatic nitrogens is 3. The van der Waals surface area contributed by atoms with Crippen LogP contribution in [0.15, 0.2) is 12.4 Å². The van der Waals surface area contributed by atoms with Gasteiger partial charge in [-0.15, -0.1) is 0 Å². The molecule has 2 heterocycles. The summed E-state index contributed by atoms with van der Waals surface area (Å²) in [6.45, 7) is 1.88. The summed E-state index contributed by atoms with van der Waals surface area (Å²) in [5.74, 6) is 0.760. The molecule has 0 aromatic carbocycles. The molecule has 0 amide bonds. The second-order valence-corrected chi connectivity index (χ2v) is 4.30. The molecule has 0 atom stereocenters. The van der Waals surface area contributed by atoms with Gasteiger partial charge in [0, 0.05) is 18.4 Å². The normalized spacial score (nSPS) is 16.0. The van der Waals surface area contributed by atoms with Gasteiger partial charge in [-0.1, -0.05) is 0 Å². The van der Waals surface area contributed by atoms with Crippen molar-refractivity contribution in [3.05, 3.63) is 23.8 Å². The fourth-order valence-corrected chi connectivity index (χ4v) is 2.15. The van der Waals surface area contributed by atoms with Crippen LogP contribution in [0, 0.1) is 18.3 Å². The van der Waals surface area contributed by atoms with Crippen molar-refractivity contribution in [2.24, 2.45) is 0 Å². The summed E-state index contributed by atoms with van der Waals surface area (Å²) in [5.41, 5.74) is 1.59. The highest BCUT2D eigenvalue weighted by molar-refractivity contribution is 5.82. The van der Waals surface area contributed by atoms with Crippen molar-refractivity contribution in [1.29, 1.82) is 5.26 Å². The largest absolute Gasteiger partial charge is 0.328 e. The molecule has 0 radical (unpaired) electrons. The Hall–Kier alpha value is -1.89. The Bertz CT molecular complexity index is 587. The van der Waals surface area contributed by atoms with E-state index in [1.54, 1.807) is 6.20 Å². The Morgan fingerprint density at radius 1 is 1.50 bits per heavy atom. The molecule has 1 fully saturated rings. The van der Waals surface area contributed by atoms with Gasteiger partial charge in [0.1, 0.15) is 17.5 Å². The third-order valence-corrected chi connectivity index (χ3v) is 3.28. The first kappa shape index (κ1) is 9.34. The quantitative estimate of drug-likeness (QED) is 0.729. The fraction of sp³-hybridized carbons (Fsp3) is 0.417.